The molecule has 1 N–H and O–H groups in total. The molecule has 0 aliphatic carbocycles. The minimum atomic E-state index is 0. The van der Waals surface area contributed by atoms with Gasteiger partial charge in [-0.2, -0.15) is 0 Å². The highest BCUT2D eigenvalue weighted by molar-refractivity contribution is 14.0. The molecule has 3 rings (SSSR count). The highest BCUT2D eigenvalue weighted by atomic mass is 127. The van der Waals surface area contributed by atoms with Gasteiger partial charge in [0.05, 0.1) is 6.54 Å². The number of guanidine groups is 1. The lowest BCUT2D eigenvalue weighted by molar-refractivity contribution is -0.128. The average molecular weight is 495 g/mol. The van der Waals surface area contributed by atoms with E-state index in [1.165, 1.54) is 16.8 Å². The third-order valence-electron chi connectivity index (χ3n) is 5.11. The molecule has 1 amide bonds. The Labute approximate surface area is 184 Å². The molecule has 0 bridgehead atoms. The maximum absolute atomic E-state index is 12.0. The van der Waals surface area contributed by atoms with Gasteiger partial charge in [0.1, 0.15) is 0 Å². The van der Waals surface area contributed by atoms with Crippen LogP contribution in [0.25, 0.3) is 0 Å². The van der Waals surface area contributed by atoms with Gasteiger partial charge in [0, 0.05) is 59.1 Å². The van der Waals surface area contributed by atoms with E-state index < -0.39 is 0 Å². The van der Waals surface area contributed by atoms with Crippen LogP contribution in [0, 0.1) is 0 Å². The van der Waals surface area contributed by atoms with Crippen LogP contribution in [-0.4, -0.2) is 46.9 Å². The molecule has 0 unspecified atom stereocenters. The van der Waals surface area contributed by atoms with Crippen LogP contribution in [-0.2, 0) is 31.5 Å². The number of halogens is 1. The van der Waals surface area contributed by atoms with Crippen molar-refractivity contribution in [3.8, 4) is 0 Å². The molecule has 6 nitrogen and oxygen atoms in total. The molecule has 1 aliphatic heterocycles. The lowest BCUT2D eigenvalue weighted by Crippen LogP contribution is -2.38. The lowest BCUT2D eigenvalue weighted by Gasteiger charge is -2.23. The van der Waals surface area contributed by atoms with Gasteiger partial charge in [-0.15, -0.1) is 24.0 Å². The van der Waals surface area contributed by atoms with Crippen molar-refractivity contribution in [3.05, 3.63) is 59.4 Å². The molecule has 7 heteroatoms. The lowest BCUT2D eigenvalue weighted by atomic mass is 10.1. The van der Waals surface area contributed by atoms with Crippen molar-refractivity contribution < 1.29 is 4.79 Å². The van der Waals surface area contributed by atoms with Crippen LogP contribution in [0.4, 0.5) is 0 Å². The molecular formula is C21H30IN5O. The largest absolute Gasteiger partial charge is 0.353 e. The van der Waals surface area contributed by atoms with E-state index in [9.17, 15) is 4.79 Å². The second kappa shape index (κ2) is 10.5. The molecular weight excluding hydrogens is 465 g/mol. The molecule has 28 heavy (non-hydrogen) atoms. The van der Waals surface area contributed by atoms with E-state index in [1.54, 1.807) is 7.05 Å². The molecule has 152 valence electrons. The first-order valence-corrected chi connectivity index (χ1v) is 9.45. The zero-order valence-corrected chi connectivity index (χ0v) is 19.2. The second-order valence-corrected chi connectivity index (χ2v) is 7.05. The molecule has 2 heterocycles. The smallest absolute Gasteiger partial charge is 0.222 e. The summed E-state index contributed by atoms with van der Waals surface area (Å²) >= 11 is 0. The Kier molecular flexibility index (Phi) is 8.35. The molecule has 0 saturated carbocycles. The number of carbonyl (C=O) groups is 1. The van der Waals surface area contributed by atoms with Crippen molar-refractivity contribution >= 4 is 35.8 Å². The first kappa shape index (κ1) is 22.3. The van der Waals surface area contributed by atoms with Crippen LogP contribution < -0.4 is 5.32 Å². The van der Waals surface area contributed by atoms with Crippen molar-refractivity contribution in [1.82, 2.24) is 19.7 Å². The van der Waals surface area contributed by atoms with E-state index in [0.717, 1.165) is 25.5 Å². The molecule has 0 radical (unpaired) electrons. The van der Waals surface area contributed by atoms with E-state index in [1.807, 2.05) is 24.1 Å². The molecule has 2 aromatic rings. The van der Waals surface area contributed by atoms with Gasteiger partial charge in [-0.3, -0.25) is 9.79 Å². The van der Waals surface area contributed by atoms with Gasteiger partial charge >= 0.3 is 0 Å². The minimum absolute atomic E-state index is 0. The van der Waals surface area contributed by atoms with Crippen molar-refractivity contribution in [2.24, 2.45) is 12.0 Å². The highest BCUT2D eigenvalue weighted by Gasteiger charge is 2.21. The first-order chi connectivity index (χ1) is 13.1. The molecule has 1 aromatic heterocycles. The summed E-state index contributed by atoms with van der Waals surface area (Å²) in [7, 11) is 5.89. The monoisotopic (exact) mass is 495 g/mol. The molecule has 1 fully saturated rings. The Hall–Kier alpha value is -2.03. The summed E-state index contributed by atoms with van der Waals surface area (Å²) < 4.78 is 2.12. The fourth-order valence-corrected chi connectivity index (χ4v) is 3.50. The minimum Gasteiger partial charge on any atom is -0.353 e. The number of hydrogen-bond acceptors (Lipinski definition) is 2. The van der Waals surface area contributed by atoms with Gasteiger partial charge in [-0.1, -0.05) is 24.3 Å². The van der Waals surface area contributed by atoms with Gasteiger partial charge in [0.15, 0.2) is 5.96 Å². The van der Waals surface area contributed by atoms with E-state index >= 15 is 0 Å². The van der Waals surface area contributed by atoms with Gasteiger partial charge in [0.25, 0.3) is 0 Å². The van der Waals surface area contributed by atoms with E-state index in [-0.39, 0.29) is 29.9 Å². The Bertz CT molecular complexity index is 817. The summed E-state index contributed by atoms with van der Waals surface area (Å²) in [5.74, 6) is 1.11. The average Bonchev–Trinajstić information content (AvgIpc) is 3.25. The Morgan fingerprint density at radius 1 is 1.21 bits per heavy atom. The number of likely N-dealkylation sites (tertiary alicyclic amines) is 1. The summed E-state index contributed by atoms with van der Waals surface area (Å²) in [6.07, 6.45) is 3.70. The predicted octanol–water partition coefficient (Wildman–Crippen LogP) is 2.97. The third-order valence-corrected chi connectivity index (χ3v) is 5.11. The van der Waals surface area contributed by atoms with Crippen LogP contribution in [0.15, 0.2) is 47.6 Å². The number of nitrogens with one attached hydrogen (secondary N) is 1. The molecule has 1 saturated heterocycles. The van der Waals surface area contributed by atoms with Gasteiger partial charge in [-0.05, 0) is 29.7 Å². The zero-order chi connectivity index (χ0) is 19.2. The topological polar surface area (TPSA) is 52.9 Å². The number of aliphatic imine (C=N–C) groups is 1. The number of carbonyl (C=O) groups excluding carboxylic acids is 1. The van der Waals surface area contributed by atoms with Crippen molar-refractivity contribution in [2.45, 2.75) is 32.5 Å². The van der Waals surface area contributed by atoms with Gasteiger partial charge < -0.3 is 19.7 Å². The van der Waals surface area contributed by atoms with Crippen molar-refractivity contribution in [3.63, 3.8) is 0 Å². The maximum Gasteiger partial charge on any atom is 0.222 e. The maximum atomic E-state index is 12.0. The Balaban J connectivity index is 0.00000280. The Morgan fingerprint density at radius 3 is 2.57 bits per heavy atom. The number of benzene rings is 1. The first-order valence-electron chi connectivity index (χ1n) is 9.45. The number of aromatic nitrogens is 1. The third kappa shape index (κ3) is 5.50. The van der Waals surface area contributed by atoms with Crippen LogP contribution >= 0.6 is 24.0 Å². The van der Waals surface area contributed by atoms with Crippen LogP contribution in [0.3, 0.4) is 0 Å². The second-order valence-electron chi connectivity index (χ2n) is 7.05. The molecule has 0 spiro atoms. The van der Waals surface area contributed by atoms with Crippen LogP contribution in [0.1, 0.15) is 29.7 Å². The molecule has 1 aliphatic rings. The molecule has 0 atom stereocenters. The number of rotatable bonds is 6. The van der Waals surface area contributed by atoms with E-state index in [4.69, 9.17) is 0 Å². The quantitative estimate of drug-likeness (QED) is 0.381. The van der Waals surface area contributed by atoms with Crippen LogP contribution in [0.2, 0.25) is 0 Å². The van der Waals surface area contributed by atoms with E-state index in [2.05, 4.69) is 57.3 Å². The summed E-state index contributed by atoms with van der Waals surface area (Å²) in [5, 5.41) is 3.46. The predicted molar refractivity (Wildman–Crippen MR) is 124 cm³/mol. The molecule has 1 aromatic carbocycles. The zero-order valence-electron chi connectivity index (χ0n) is 16.9. The van der Waals surface area contributed by atoms with Gasteiger partial charge in [-0.25, -0.2) is 0 Å². The summed E-state index contributed by atoms with van der Waals surface area (Å²) in [4.78, 5) is 20.4. The summed E-state index contributed by atoms with van der Waals surface area (Å²) in [5.41, 5.74) is 3.62. The SMILES string of the molecule is CN=C(NCc1ccccc1CN1CCCC1=O)N(C)Cc1cccn1C.I. The number of amides is 1. The standard InChI is InChI=1S/C21H29N5O.HI/c1-22-21(25(3)16-19-10-6-12-24(19)2)23-14-17-8-4-5-9-18(17)15-26-13-7-11-20(26)27;/h4-6,8-10,12H,7,11,13-16H2,1-3H3,(H,22,23);1H. The number of nitrogens with zero attached hydrogens (tertiary/aromatic N) is 4. The van der Waals surface area contributed by atoms with Crippen molar-refractivity contribution in [1.29, 1.82) is 0 Å². The number of aryl methyl sites for hydroxylation is 1. The summed E-state index contributed by atoms with van der Waals surface area (Å²) in [6.45, 7) is 3.02. The van der Waals surface area contributed by atoms with Gasteiger partial charge in [0.2, 0.25) is 5.91 Å². The van der Waals surface area contributed by atoms with E-state index in [0.29, 0.717) is 19.5 Å². The summed E-state index contributed by atoms with van der Waals surface area (Å²) in [6, 6.07) is 12.5. The normalized spacial score (nSPS) is 14.2. The Morgan fingerprint density at radius 2 is 1.96 bits per heavy atom. The van der Waals surface area contributed by atoms with Crippen molar-refractivity contribution in [2.75, 3.05) is 20.6 Å². The fourth-order valence-electron chi connectivity index (χ4n) is 3.50. The number of hydrogen-bond donors (Lipinski definition) is 1. The fraction of sp³-hybridized carbons (Fsp3) is 0.429. The highest BCUT2D eigenvalue weighted by Crippen LogP contribution is 2.17. The van der Waals surface area contributed by atoms with Crippen LogP contribution in [0.5, 0.6) is 0 Å².